The SMILES string of the molecule is CC(CCCCCCCN1CCCC1=O)C1CC(=O)CN1N1CCCC1=O. The van der Waals surface area contributed by atoms with Gasteiger partial charge in [-0.3, -0.25) is 19.4 Å². The highest BCUT2D eigenvalue weighted by molar-refractivity contribution is 5.84. The number of carbonyl (C=O) groups excluding carboxylic acids is 3. The van der Waals surface area contributed by atoms with E-state index in [9.17, 15) is 14.4 Å². The molecule has 3 saturated heterocycles. The maximum atomic E-state index is 12.1. The molecule has 0 aliphatic carbocycles. The van der Waals surface area contributed by atoms with Gasteiger partial charge < -0.3 is 4.90 Å². The lowest BCUT2D eigenvalue weighted by Crippen LogP contribution is -2.48. The zero-order valence-corrected chi connectivity index (χ0v) is 16.8. The van der Waals surface area contributed by atoms with Crippen LogP contribution < -0.4 is 0 Å². The molecule has 0 radical (unpaired) electrons. The average molecular weight is 378 g/mol. The van der Waals surface area contributed by atoms with Gasteiger partial charge in [-0.15, -0.1) is 0 Å². The Labute approximate surface area is 163 Å². The molecule has 6 nitrogen and oxygen atoms in total. The van der Waals surface area contributed by atoms with E-state index in [4.69, 9.17) is 0 Å². The van der Waals surface area contributed by atoms with Gasteiger partial charge >= 0.3 is 0 Å². The molecule has 2 amide bonds. The maximum Gasteiger partial charge on any atom is 0.236 e. The van der Waals surface area contributed by atoms with Gasteiger partial charge in [0.15, 0.2) is 0 Å². The van der Waals surface area contributed by atoms with Crippen molar-refractivity contribution in [2.24, 2.45) is 5.92 Å². The van der Waals surface area contributed by atoms with E-state index in [1.807, 2.05) is 9.91 Å². The Bertz CT molecular complexity index is 551. The van der Waals surface area contributed by atoms with E-state index >= 15 is 0 Å². The number of unbranched alkanes of at least 4 members (excludes halogenated alkanes) is 4. The zero-order chi connectivity index (χ0) is 19.2. The van der Waals surface area contributed by atoms with Crippen molar-refractivity contribution < 1.29 is 14.4 Å². The molecule has 6 heteroatoms. The van der Waals surface area contributed by atoms with Crippen molar-refractivity contribution in [3.8, 4) is 0 Å². The third kappa shape index (κ3) is 5.31. The van der Waals surface area contributed by atoms with Gasteiger partial charge in [-0.1, -0.05) is 32.6 Å². The molecule has 3 rings (SSSR count). The van der Waals surface area contributed by atoms with E-state index in [-0.39, 0.29) is 17.7 Å². The van der Waals surface area contributed by atoms with Crippen molar-refractivity contribution >= 4 is 17.6 Å². The monoisotopic (exact) mass is 377 g/mol. The van der Waals surface area contributed by atoms with Gasteiger partial charge in [-0.05, 0) is 31.6 Å². The molecule has 3 heterocycles. The van der Waals surface area contributed by atoms with Crippen LogP contribution in [0.1, 0.15) is 77.6 Å². The Hall–Kier alpha value is -1.43. The second-order valence-electron chi connectivity index (χ2n) is 8.55. The molecule has 0 aromatic carbocycles. The van der Waals surface area contributed by atoms with Crippen LogP contribution in [0.2, 0.25) is 0 Å². The Kier molecular flexibility index (Phi) is 7.27. The van der Waals surface area contributed by atoms with E-state index in [0.717, 1.165) is 51.7 Å². The van der Waals surface area contributed by atoms with Gasteiger partial charge in [0.05, 0.1) is 6.54 Å². The number of hydrogen-bond donors (Lipinski definition) is 0. The number of ketones is 1. The largest absolute Gasteiger partial charge is 0.343 e. The summed E-state index contributed by atoms with van der Waals surface area (Å²) in [6.45, 7) is 5.30. The Morgan fingerprint density at radius 2 is 1.63 bits per heavy atom. The van der Waals surface area contributed by atoms with Gasteiger partial charge in [0.1, 0.15) is 5.78 Å². The number of rotatable bonds is 10. The van der Waals surface area contributed by atoms with E-state index in [2.05, 4.69) is 11.9 Å². The van der Waals surface area contributed by atoms with Crippen molar-refractivity contribution in [2.75, 3.05) is 26.2 Å². The maximum absolute atomic E-state index is 12.1. The first-order chi connectivity index (χ1) is 13.1. The smallest absolute Gasteiger partial charge is 0.236 e. The number of likely N-dealkylation sites (tertiary alicyclic amines) is 1. The molecule has 3 aliphatic rings. The molecule has 0 N–H and O–H groups in total. The fourth-order valence-corrected chi connectivity index (χ4v) is 4.80. The summed E-state index contributed by atoms with van der Waals surface area (Å²) in [7, 11) is 0. The summed E-state index contributed by atoms with van der Waals surface area (Å²) in [6, 6.07) is 0.195. The number of nitrogens with zero attached hydrogens (tertiary/aromatic N) is 3. The van der Waals surface area contributed by atoms with Crippen LogP contribution in [0.5, 0.6) is 0 Å². The standard InChI is InChI=1S/C21H35N3O3/c1-17(9-5-3-2-4-6-12-22-13-7-10-20(22)26)19-15-18(25)16-24(19)23-14-8-11-21(23)27/h17,19H,2-16H2,1H3. The summed E-state index contributed by atoms with van der Waals surface area (Å²) < 4.78 is 0. The quantitative estimate of drug-likeness (QED) is 0.549. The van der Waals surface area contributed by atoms with E-state index in [1.165, 1.54) is 25.7 Å². The van der Waals surface area contributed by atoms with Crippen molar-refractivity contribution in [3.63, 3.8) is 0 Å². The fraction of sp³-hybridized carbons (Fsp3) is 0.857. The first-order valence-corrected chi connectivity index (χ1v) is 10.9. The first-order valence-electron chi connectivity index (χ1n) is 10.9. The number of amides is 2. The lowest BCUT2D eigenvalue weighted by atomic mass is 9.93. The first kappa shape index (κ1) is 20.3. The van der Waals surface area contributed by atoms with Gasteiger partial charge in [-0.2, -0.15) is 0 Å². The average Bonchev–Trinajstić information content (AvgIpc) is 3.34. The summed E-state index contributed by atoms with van der Waals surface area (Å²) in [6.07, 6.45) is 10.9. The summed E-state index contributed by atoms with van der Waals surface area (Å²) in [5, 5.41) is 3.90. The van der Waals surface area contributed by atoms with Crippen molar-refractivity contribution in [2.45, 2.75) is 83.6 Å². The summed E-state index contributed by atoms with van der Waals surface area (Å²) in [5.74, 6) is 1.21. The van der Waals surface area contributed by atoms with E-state index < -0.39 is 0 Å². The van der Waals surface area contributed by atoms with Gasteiger partial charge in [-0.25, -0.2) is 5.01 Å². The van der Waals surface area contributed by atoms with Crippen molar-refractivity contribution in [1.82, 2.24) is 14.9 Å². The molecule has 3 aliphatic heterocycles. The zero-order valence-electron chi connectivity index (χ0n) is 16.8. The molecule has 3 fully saturated rings. The van der Waals surface area contributed by atoms with E-state index in [1.54, 1.807) is 0 Å². The van der Waals surface area contributed by atoms with E-state index in [0.29, 0.717) is 31.2 Å². The molecule has 2 atom stereocenters. The minimum atomic E-state index is 0.179. The van der Waals surface area contributed by atoms with Gasteiger partial charge in [0.2, 0.25) is 11.8 Å². The number of carbonyl (C=O) groups is 3. The highest BCUT2D eigenvalue weighted by Crippen LogP contribution is 2.29. The number of Topliss-reactive ketones (excluding diaryl/α,β-unsaturated/α-hetero) is 1. The van der Waals surface area contributed by atoms with Crippen LogP contribution in [-0.2, 0) is 14.4 Å². The minimum Gasteiger partial charge on any atom is -0.343 e. The lowest BCUT2D eigenvalue weighted by molar-refractivity contribution is -0.146. The summed E-state index contributed by atoms with van der Waals surface area (Å²) in [4.78, 5) is 37.7. The second-order valence-corrected chi connectivity index (χ2v) is 8.55. The second kappa shape index (κ2) is 9.67. The molecule has 0 aromatic rings. The predicted octanol–water partition coefficient (Wildman–Crippen LogP) is 2.77. The molecular formula is C21H35N3O3. The number of hydrogen-bond acceptors (Lipinski definition) is 4. The Morgan fingerprint density at radius 3 is 2.33 bits per heavy atom. The molecular weight excluding hydrogens is 342 g/mol. The van der Waals surface area contributed by atoms with Crippen LogP contribution in [0.4, 0.5) is 0 Å². The normalized spacial score (nSPS) is 25.2. The molecule has 2 unspecified atom stereocenters. The Morgan fingerprint density at radius 1 is 0.926 bits per heavy atom. The third-order valence-corrected chi connectivity index (χ3v) is 6.43. The topological polar surface area (TPSA) is 60.9 Å². The molecule has 0 saturated carbocycles. The van der Waals surface area contributed by atoms with Crippen molar-refractivity contribution in [3.05, 3.63) is 0 Å². The molecule has 27 heavy (non-hydrogen) atoms. The van der Waals surface area contributed by atoms with Gasteiger partial charge in [0.25, 0.3) is 0 Å². The van der Waals surface area contributed by atoms with Crippen LogP contribution in [0.25, 0.3) is 0 Å². The highest BCUT2D eigenvalue weighted by Gasteiger charge is 2.40. The predicted molar refractivity (Wildman–Crippen MR) is 104 cm³/mol. The minimum absolute atomic E-state index is 0.179. The fourth-order valence-electron chi connectivity index (χ4n) is 4.80. The van der Waals surface area contributed by atoms with Crippen molar-refractivity contribution in [1.29, 1.82) is 0 Å². The van der Waals surface area contributed by atoms with Crippen LogP contribution in [0.15, 0.2) is 0 Å². The summed E-state index contributed by atoms with van der Waals surface area (Å²) in [5.41, 5.74) is 0. The third-order valence-electron chi connectivity index (χ3n) is 6.43. The van der Waals surface area contributed by atoms with Crippen LogP contribution in [0, 0.1) is 5.92 Å². The molecule has 0 aromatic heterocycles. The lowest BCUT2D eigenvalue weighted by Gasteiger charge is -2.35. The Balaban J connectivity index is 1.31. The van der Waals surface area contributed by atoms with Gasteiger partial charge in [0, 0.05) is 44.9 Å². The van der Waals surface area contributed by atoms with Crippen LogP contribution >= 0.6 is 0 Å². The molecule has 152 valence electrons. The summed E-state index contributed by atoms with van der Waals surface area (Å²) >= 11 is 0. The highest BCUT2D eigenvalue weighted by atomic mass is 16.2. The van der Waals surface area contributed by atoms with Crippen LogP contribution in [0.3, 0.4) is 0 Å². The molecule has 0 bridgehead atoms. The van der Waals surface area contributed by atoms with Crippen LogP contribution in [-0.4, -0.2) is 64.7 Å². The number of hydrazine groups is 1. The molecule has 0 spiro atoms.